The Balaban J connectivity index is 2.40. The van der Waals surface area contributed by atoms with Crippen molar-refractivity contribution >= 4 is 33.0 Å². The number of nitro benzene ring substituents is 1. The molecule has 0 saturated carbocycles. The summed E-state index contributed by atoms with van der Waals surface area (Å²) in [6.07, 6.45) is 0. The average molecular weight is 325 g/mol. The van der Waals surface area contributed by atoms with Gasteiger partial charge in [-0.05, 0) is 36.8 Å². The first-order valence-corrected chi connectivity index (χ1v) is 6.24. The van der Waals surface area contributed by atoms with Crippen LogP contribution in [-0.4, -0.2) is 4.92 Å². The molecule has 2 aromatic rings. The maximum Gasteiger partial charge on any atom is 0.327 e. The molecule has 0 aliphatic carbocycles. The quantitative estimate of drug-likeness (QED) is 0.665. The summed E-state index contributed by atoms with van der Waals surface area (Å²) in [6.45, 7) is 1.93. The number of nitrogens with zero attached hydrogens (tertiary/aromatic N) is 1. The predicted octanol–water partition coefficient (Wildman–Crippen LogP) is 4.55. The second-order valence-electron chi connectivity index (χ2n) is 3.98. The molecule has 1 N–H and O–H groups in total. The lowest BCUT2D eigenvalue weighted by Gasteiger charge is -2.08. The van der Waals surface area contributed by atoms with Crippen LogP contribution in [0.15, 0.2) is 40.9 Å². The molecule has 2 rings (SSSR count). The molecular weight excluding hydrogens is 315 g/mol. The monoisotopic (exact) mass is 324 g/mol. The van der Waals surface area contributed by atoms with Gasteiger partial charge in [-0.25, -0.2) is 0 Å². The molecule has 0 aliphatic heterocycles. The normalized spacial score (nSPS) is 10.3. The zero-order valence-corrected chi connectivity index (χ0v) is 11.6. The van der Waals surface area contributed by atoms with Crippen LogP contribution in [0.25, 0.3) is 0 Å². The van der Waals surface area contributed by atoms with Crippen molar-refractivity contribution in [3.05, 3.63) is 62.4 Å². The van der Waals surface area contributed by atoms with E-state index in [1.165, 1.54) is 12.1 Å². The molecule has 0 aromatic heterocycles. The maximum absolute atomic E-state index is 13.5. The van der Waals surface area contributed by atoms with Crippen molar-refractivity contribution in [2.24, 2.45) is 0 Å². The largest absolute Gasteiger partial charge is 0.350 e. The number of rotatable bonds is 3. The minimum Gasteiger partial charge on any atom is -0.350 e. The van der Waals surface area contributed by atoms with E-state index >= 15 is 0 Å². The van der Waals surface area contributed by atoms with Gasteiger partial charge in [0.25, 0.3) is 0 Å². The Hall–Kier alpha value is -1.95. The van der Waals surface area contributed by atoms with E-state index in [1.807, 2.05) is 13.0 Å². The number of hydrogen-bond donors (Lipinski definition) is 1. The van der Waals surface area contributed by atoms with Crippen LogP contribution in [0.2, 0.25) is 0 Å². The summed E-state index contributed by atoms with van der Waals surface area (Å²) in [7, 11) is 0. The first-order chi connectivity index (χ1) is 8.99. The fourth-order valence-electron chi connectivity index (χ4n) is 1.63. The van der Waals surface area contributed by atoms with Crippen molar-refractivity contribution in [1.82, 2.24) is 0 Å². The van der Waals surface area contributed by atoms with Crippen molar-refractivity contribution in [2.45, 2.75) is 6.92 Å². The van der Waals surface area contributed by atoms with Crippen LogP contribution < -0.4 is 5.32 Å². The van der Waals surface area contributed by atoms with Gasteiger partial charge in [0, 0.05) is 10.2 Å². The third-order valence-corrected chi connectivity index (χ3v) is 3.47. The zero-order valence-electron chi connectivity index (χ0n) is 9.98. The van der Waals surface area contributed by atoms with E-state index < -0.39 is 16.4 Å². The van der Waals surface area contributed by atoms with Gasteiger partial charge in [0.15, 0.2) is 0 Å². The summed E-state index contributed by atoms with van der Waals surface area (Å²) in [6, 6.07) is 9.37. The molecule has 19 heavy (non-hydrogen) atoms. The summed E-state index contributed by atoms with van der Waals surface area (Å²) < 4.78 is 14.3. The lowest BCUT2D eigenvalue weighted by molar-refractivity contribution is -0.386. The summed E-state index contributed by atoms with van der Waals surface area (Å²) in [5.41, 5.74) is 1.26. The van der Waals surface area contributed by atoms with E-state index in [0.717, 1.165) is 16.1 Å². The van der Waals surface area contributed by atoms with Gasteiger partial charge in [0.2, 0.25) is 5.82 Å². The number of hydrogen-bond acceptors (Lipinski definition) is 3. The minimum atomic E-state index is -0.860. The minimum absolute atomic E-state index is 0.126. The fraction of sp³-hybridized carbons (Fsp3) is 0.0769. The van der Waals surface area contributed by atoms with Crippen molar-refractivity contribution in [1.29, 1.82) is 0 Å². The molecule has 2 aromatic carbocycles. The molecule has 0 amide bonds. The van der Waals surface area contributed by atoms with Gasteiger partial charge in [-0.15, -0.1) is 0 Å². The fourth-order valence-corrected chi connectivity index (χ4v) is 2.01. The van der Waals surface area contributed by atoms with Crippen molar-refractivity contribution in [3.8, 4) is 0 Å². The van der Waals surface area contributed by atoms with Gasteiger partial charge in [-0.1, -0.05) is 28.1 Å². The second kappa shape index (κ2) is 5.36. The molecule has 0 radical (unpaired) electrons. The Bertz CT molecular complexity index is 647. The van der Waals surface area contributed by atoms with Crippen molar-refractivity contribution in [3.63, 3.8) is 0 Å². The smallest absolute Gasteiger partial charge is 0.327 e. The van der Waals surface area contributed by atoms with Crippen molar-refractivity contribution < 1.29 is 9.31 Å². The lowest BCUT2D eigenvalue weighted by atomic mass is 10.2. The van der Waals surface area contributed by atoms with Crippen LogP contribution in [-0.2, 0) is 0 Å². The van der Waals surface area contributed by atoms with Gasteiger partial charge >= 0.3 is 5.69 Å². The molecule has 0 unspecified atom stereocenters. The SMILES string of the molecule is Cc1ccc(Nc2cccc(F)c2[N+](=O)[O-])cc1Br. The van der Waals surface area contributed by atoms with E-state index in [2.05, 4.69) is 21.2 Å². The van der Waals surface area contributed by atoms with Crippen LogP contribution in [0.5, 0.6) is 0 Å². The Morgan fingerprint density at radius 2 is 2.05 bits per heavy atom. The first-order valence-electron chi connectivity index (χ1n) is 5.45. The molecular formula is C13H10BrFN2O2. The van der Waals surface area contributed by atoms with E-state index in [1.54, 1.807) is 12.1 Å². The number of benzene rings is 2. The van der Waals surface area contributed by atoms with Crippen molar-refractivity contribution in [2.75, 3.05) is 5.32 Å². The molecule has 0 saturated heterocycles. The third-order valence-electron chi connectivity index (χ3n) is 2.62. The highest BCUT2D eigenvalue weighted by molar-refractivity contribution is 9.10. The molecule has 6 heteroatoms. The number of para-hydroxylation sites is 1. The number of nitrogens with one attached hydrogen (secondary N) is 1. The molecule has 0 heterocycles. The topological polar surface area (TPSA) is 55.2 Å². The summed E-state index contributed by atoms with van der Waals surface area (Å²) in [5.74, 6) is -0.860. The highest BCUT2D eigenvalue weighted by atomic mass is 79.9. The Labute approximate surface area is 117 Å². The first kappa shape index (κ1) is 13.5. The number of halogens is 2. The Morgan fingerprint density at radius 3 is 2.68 bits per heavy atom. The van der Waals surface area contributed by atoms with E-state index in [9.17, 15) is 14.5 Å². The molecule has 0 bridgehead atoms. The average Bonchev–Trinajstić information content (AvgIpc) is 2.33. The van der Waals surface area contributed by atoms with Crippen LogP contribution >= 0.6 is 15.9 Å². The molecule has 4 nitrogen and oxygen atoms in total. The molecule has 98 valence electrons. The second-order valence-corrected chi connectivity index (χ2v) is 4.84. The standard InChI is InChI=1S/C13H10BrFN2O2/c1-8-5-6-9(7-10(8)14)16-12-4-2-3-11(15)13(12)17(18)19/h2-7,16H,1H3. The van der Waals surface area contributed by atoms with Gasteiger partial charge in [-0.3, -0.25) is 10.1 Å². The molecule has 0 fully saturated rings. The molecule has 0 spiro atoms. The van der Waals surface area contributed by atoms with E-state index in [-0.39, 0.29) is 5.69 Å². The highest BCUT2D eigenvalue weighted by Crippen LogP contribution is 2.31. The van der Waals surface area contributed by atoms with E-state index in [0.29, 0.717) is 5.69 Å². The summed E-state index contributed by atoms with van der Waals surface area (Å²) in [5, 5.41) is 13.7. The van der Waals surface area contributed by atoms with Gasteiger partial charge in [0.05, 0.1) is 4.92 Å². The summed E-state index contributed by atoms with van der Waals surface area (Å²) >= 11 is 3.37. The predicted molar refractivity (Wildman–Crippen MR) is 75.2 cm³/mol. The van der Waals surface area contributed by atoms with Gasteiger partial charge in [-0.2, -0.15) is 4.39 Å². The van der Waals surface area contributed by atoms with Crippen LogP contribution in [0.3, 0.4) is 0 Å². The molecule has 0 aliphatic rings. The third kappa shape index (κ3) is 2.90. The van der Waals surface area contributed by atoms with Crippen LogP contribution in [0, 0.1) is 22.9 Å². The lowest BCUT2D eigenvalue weighted by Crippen LogP contribution is -1.99. The van der Waals surface area contributed by atoms with Gasteiger partial charge < -0.3 is 5.32 Å². The molecule has 0 atom stereocenters. The van der Waals surface area contributed by atoms with Crippen LogP contribution in [0.1, 0.15) is 5.56 Å². The zero-order chi connectivity index (χ0) is 14.0. The Morgan fingerprint density at radius 1 is 1.32 bits per heavy atom. The number of aryl methyl sites for hydroxylation is 1. The number of anilines is 2. The van der Waals surface area contributed by atoms with Crippen LogP contribution in [0.4, 0.5) is 21.5 Å². The Kier molecular flexibility index (Phi) is 3.80. The summed E-state index contributed by atoms with van der Waals surface area (Å²) in [4.78, 5) is 10.1. The highest BCUT2D eigenvalue weighted by Gasteiger charge is 2.19. The van der Waals surface area contributed by atoms with Gasteiger partial charge in [0.1, 0.15) is 5.69 Å². The number of nitro groups is 1. The van der Waals surface area contributed by atoms with E-state index in [4.69, 9.17) is 0 Å². The maximum atomic E-state index is 13.5.